The van der Waals surface area contributed by atoms with Crippen molar-refractivity contribution in [3.05, 3.63) is 24.3 Å². The average Bonchev–Trinajstić information content (AvgIpc) is 2.59. The van der Waals surface area contributed by atoms with Gasteiger partial charge in [-0.05, 0) is 26.0 Å². The van der Waals surface area contributed by atoms with Gasteiger partial charge in [0.05, 0.1) is 34.4 Å². The molecule has 5 nitrogen and oxygen atoms in total. The maximum atomic E-state index is 12.7. The van der Waals surface area contributed by atoms with Gasteiger partial charge in [0.25, 0.3) is 0 Å². The summed E-state index contributed by atoms with van der Waals surface area (Å²) < 4.78 is 17.6. The van der Waals surface area contributed by atoms with Gasteiger partial charge in [0.15, 0.2) is 0 Å². The zero-order valence-corrected chi connectivity index (χ0v) is 12.5. The molecule has 108 valence electrons. The highest BCUT2D eigenvalue weighted by Crippen LogP contribution is 2.44. The van der Waals surface area contributed by atoms with Crippen molar-refractivity contribution in [1.29, 1.82) is 0 Å². The van der Waals surface area contributed by atoms with Crippen LogP contribution in [0, 0.1) is 0 Å². The number of fused-ring (bicyclic) bond motifs is 1. The lowest BCUT2D eigenvalue weighted by Gasteiger charge is -2.32. The SMILES string of the molecule is CCOC(=O)C[C@@]1(C)N(C(C)=O)c2ccccc2S1=O. The predicted molar refractivity (Wildman–Crippen MR) is 75.7 cm³/mol. The first-order chi connectivity index (χ1) is 9.41. The van der Waals surface area contributed by atoms with E-state index in [-0.39, 0.29) is 18.9 Å². The molecule has 0 radical (unpaired) electrons. The third-order valence-corrected chi connectivity index (χ3v) is 5.14. The van der Waals surface area contributed by atoms with Crippen molar-refractivity contribution in [2.24, 2.45) is 0 Å². The summed E-state index contributed by atoms with van der Waals surface area (Å²) in [4.78, 5) is 24.6. The minimum Gasteiger partial charge on any atom is -0.466 e. The normalized spacial score (nSPS) is 24.4. The van der Waals surface area contributed by atoms with Gasteiger partial charge in [-0.1, -0.05) is 12.1 Å². The van der Waals surface area contributed by atoms with Crippen LogP contribution < -0.4 is 4.90 Å². The number of anilines is 1. The molecule has 1 aromatic carbocycles. The second-order valence-electron chi connectivity index (χ2n) is 4.75. The first-order valence-electron chi connectivity index (χ1n) is 6.39. The third-order valence-electron chi connectivity index (χ3n) is 3.27. The van der Waals surface area contributed by atoms with Gasteiger partial charge in [-0.15, -0.1) is 0 Å². The van der Waals surface area contributed by atoms with E-state index in [2.05, 4.69) is 0 Å². The molecular formula is C14H17NO4S. The minimum absolute atomic E-state index is 0.0955. The number of carbonyl (C=O) groups excluding carboxylic acids is 2. The molecule has 2 atom stereocenters. The summed E-state index contributed by atoms with van der Waals surface area (Å²) in [6, 6.07) is 7.01. The van der Waals surface area contributed by atoms with Crippen molar-refractivity contribution < 1.29 is 18.5 Å². The summed E-state index contributed by atoms with van der Waals surface area (Å²) in [6.07, 6.45) is -0.0955. The summed E-state index contributed by atoms with van der Waals surface area (Å²) in [7, 11) is -1.47. The van der Waals surface area contributed by atoms with Gasteiger partial charge in [0, 0.05) is 6.92 Å². The number of esters is 1. The van der Waals surface area contributed by atoms with Gasteiger partial charge in [0.1, 0.15) is 4.87 Å². The Kier molecular flexibility index (Phi) is 3.94. The molecule has 0 saturated heterocycles. The first-order valence-corrected chi connectivity index (χ1v) is 7.54. The monoisotopic (exact) mass is 295 g/mol. The molecule has 0 bridgehead atoms. The fourth-order valence-corrected chi connectivity index (χ4v) is 4.17. The molecule has 0 aromatic heterocycles. The maximum absolute atomic E-state index is 12.7. The number of ether oxygens (including phenoxy) is 1. The van der Waals surface area contributed by atoms with Gasteiger partial charge < -0.3 is 4.74 Å². The van der Waals surface area contributed by atoms with Gasteiger partial charge >= 0.3 is 5.97 Å². The Hall–Kier alpha value is -1.69. The highest BCUT2D eigenvalue weighted by Gasteiger charge is 2.50. The Morgan fingerprint density at radius 2 is 2.00 bits per heavy atom. The Morgan fingerprint density at radius 1 is 1.35 bits per heavy atom. The van der Waals surface area contributed by atoms with E-state index in [4.69, 9.17) is 4.74 Å². The molecule has 1 amide bonds. The molecule has 0 N–H and O–H groups in total. The van der Waals surface area contributed by atoms with Crippen LogP contribution >= 0.6 is 0 Å². The molecule has 0 aliphatic carbocycles. The standard InChI is InChI=1S/C14H17NO4S/c1-4-19-13(17)9-14(3)15(10(2)16)11-7-5-6-8-12(11)20(14)18/h5-8H,4,9H2,1-3H3/t14-,20?/m0/s1. The van der Waals surface area contributed by atoms with Crippen LogP contribution in [-0.2, 0) is 25.1 Å². The smallest absolute Gasteiger partial charge is 0.309 e. The lowest BCUT2D eigenvalue weighted by Crippen LogP contribution is -2.49. The Balaban J connectivity index is 2.45. The Bertz CT molecular complexity index is 586. The van der Waals surface area contributed by atoms with E-state index >= 15 is 0 Å². The molecule has 0 saturated carbocycles. The molecule has 1 heterocycles. The molecule has 1 aliphatic heterocycles. The van der Waals surface area contributed by atoms with Crippen LogP contribution in [0.5, 0.6) is 0 Å². The highest BCUT2D eigenvalue weighted by atomic mass is 32.2. The fourth-order valence-electron chi connectivity index (χ4n) is 2.50. The van der Waals surface area contributed by atoms with E-state index in [1.54, 1.807) is 38.1 Å². The Morgan fingerprint density at radius 3 is 2.60 bits per heavy atom. The largest absolute Gasteiger partial charge is 0.466 e. The zero-order chi connectivity index (χ0) is 14.9. The van der Waals surface area contributed by atoms with Crippen LogP contribution in [0.15, 0.2) is 29.2 Å². The van der Waals surface area contributed by atoms with Gasteiger partial charge in [-0.25, -0.2) is 0 Å². The highest BCUT2D eigenvalue weighted by molar-refractivity contribution is 7.87. The van der Waals surface area contributed by atoms with Crippen LogP contribution in [0.25, 0.3) is 0 Å². The summed E-state index contributed by atoms with van der Waals surface area (Å²) in [5.74, 6) is -0.697. The third kappa shape index (κ3) is 2.24. The average molecular weight is 295 g/mol. The van der Waals surface area contributed by atoms with Crippen molar-refractivity contribution in [3.8, 4) is 0 Å². The number of amides is 1. The fraction of sp³-hybridized carbons (Fsp3) is 0.429. The van der Waals surface area contributed by atoms with E-state index in [9.17, 15) is 13.8 Å². The number of para-hydroxylation sites is 1. The molecule has 0 spiro atoms. The molecular weight excluding hydrogens is 278 g/mol. The number of nitrogens with zero attached hydrogens (tertiary/aromatic N) is 1. The molecule has 1 aromatic rings. The zero-order valence-electron chi connectivity index (χ0n) is 11.7. The second kappa shape index (κ2) is 5.36. The van der Waals surface area contributed by atoms with Crippen molar-refractivity contribution in [1.82, 2.24) is 0 Å². The molecule has 1 aliphatic rings. The van der Waals surface area contributed by atoms with Crippen LogP contribution in [0.2, 0.25) is 0 Å². The maximum Gasteiger partial charge on any atom is 0.309 e. The van der Waals surface area contributed by atoms with Gasteiger partial charge in [-0.3, -0.25) is 18.7 Å². The molecule has 2 rings (SSSR count). The topological polar surface area (TPSA) is 63.7 Å². The van der Waals surface area contributed by atoms with Crippen LogP contribution in [0.3, 0.4) is 0 Å². The molecule has 1 unspecified atom stereocenters. The summed E-state index contributed by atoms with van der Waals surface area (Å²) >= 11 is 0. The summed E-state index contributed by atoms with van der Waals surface area (Å²) in [5.41, 5.74) is 0.602. The van der Waals surface area contributed by atoms with E-state index in [0.29, 0.717) is 10.6 Å². The van der Waals surface area contributed by atoms with Crippen molar-refractivity contribution in [2.45, 2.75) is 37.0 Å². The van der Waals surface area contributed by atoms with E-state index < -0.39 is 21.6 Å². The van der Waals surface area contributed by atoms with Crippen LogP contribution in [-0.4, -0.2) is 27.6 Å². The summed E-state index contributed by atoms with van der Waals surface area (Å²) in [5, 5.41) is 0. The van der Waals surface area contributed by atoms with E-state index in [0.717, 1.165) is 0 Å². The quantitative estimate of drug-likeness (QED) is 0.798. The van der Waals surface area contributed by atoms with E-state index in [1.165, 1.54) is 11.8 Å². The number of benzene rings is 1. The molecule has 0 fully saturated rings. The van der Waals surface area contributed by atoms with Crippen LogP contribution in [0.4, 0.5) is 5.69 Å². The predicted octanol–water partition coefficient (Wildman–Crippen LogP) is 1.83. The van der Waals surface area contributed by atoms with Gasteiger partial charge in [-0.2, -0.15) is 0 Å². The molecule has 20 heavy (non-hydrogen) atoms. The van der Waals surface area contributed by atoms with Crippen molar-refractivity contribution in [3.63, 3.8) is 0 Å². The summed E-state index contributed by atoms with van der Waals surface area (Å²) in [6.45, 7) is 5.03. The van der Waals surface area contributed by atoms with Crippen molar-refractivity contribution >= 4 is 28.4 Å². The van der Waals surface area contributed by atoms with Gasteiger partial charge in [0.2, 0.25) is 5.91 Å². The van der Waals surface area contributed by atoms with Crippen molar-refractivity contribution in [2.75, 3.05) is 11.5 Å². The second-order valence-corrected chi connectivity index (χ2v) is 6.60. The lowest BCUT2D eigenvalue weighted by molar-refractivity contribution is -0.143. The van der Waals surface area contributed by atoms with Crippen LogP contribution in [0.1, 0.15) is 27.2 Å². The number of rotatable bonds is 3. The lowest BCUT2D eigenvalue weighted by atomic mass is 10.1. The first kappa shape index (κ1) is 14.7. The molecule has 6 heteroatoms. The number of hydrogen-bond acceptors (Lipinski definition) is 4. The number of hydrogen-bond donors (Lipinski definition) is 0. The van der Waals surface area contributed by atoms with E-state index in [1.807, 2.05) is 0 Å². The Labute approximate surface area is 120 Å². The number of carbonyl (C=O) groups is 2. The minimum atomic E-state index is -1.47.